The minimum absolute atomic E-state index is 0.185. The number of halogens is 1. The Morgan fingerprint density at radius 1 is 0.879 bits per heavy atom. The van der Waals surface area contributed by atoms with Crippen molar-refractivity contribution in [2.45, 2.75) is 27.2 Å². The van der Waals surface area contributed by atoms with Crippen LogP contribution in [0.15, 0.2) is 59.1 Å². The minimum Gasteiger partial charge on any atom is -0.337 e. The van der Waals surface area contributed by atoms with Gasteiger partial charge in [-0.2, -0.15) is 10.5 Å². The third-order valence-electron chi connectivity index (χ3n) is 5.86. The Labute approximate surface area is 200 Å². The molecule has 4 aromatic carbocycles. The average Bonchev–Trinajstić information content (AvgIpc) is 3.22. The van der Waals surface area contributed by atoms with E-state index in [0.29, 0.717) is 22.5 Å². The molecule has 0 fully saturated rings. The molecule has 0 spiro atoms. The van der Waals surface area contributed by atoms with Crippen LogP contribution >= 0.6 is 15.9 Å². The third-order valence-corrected chi connectivity index (χ3v) is 6.35. The van der Waals surface area contributed by atoms with Gasteiger partial charge in [-0.3, -0.25) is 0 Å². The number of rotatable bonds is 2. The predicted molar refractivity (Wildman–Crippen MR) is 137 cm³/mol. The maximum Gasteiger partial charge on any atom is 0.141 e. The lowest BCUT2D eigenvalue weighted by Gasteiger charge is -2.18. The number of nitrogens with zero attached hydrogens (tertiary/aromatic N) is 3. The Balaban J connectivity index is 1.89. The lowest BCUT2D eigenvalue weighted by Crippen LogP contribution is -2.08. The fourth-order valence-electron chi connectivity index (χ4n) is 4.58. The number of benzene rings is 4. The summed E-state index contributed by atoms with van der Waals surface area (Å²) in [7, 11) is 0. The van der Waals surface area contributed by atoms with Crippen LogP contribution in [0.25, 0.3) is 44.0 Å². The van der Waals surface area contributed by atoms with Gasteiger partial charge >= 0.3 is 0 Å². The Kier molecular flexibility index (Phi) is 4.96. The molecular weight excluding hydrogens is 472 g/mol. The minimum atomic E-state index is 0.185. The van der Waals surface area contributed by atoms with Gasteiger partial charge in [-0.25, -0.2) is 4.98 Å². The van der Waals surface area contributed by atoms with Crippen LogP contribution in [0.5, 0.6) is 0 Å². The first kappa shape index (κ1) is 21.2. The van der Waals surface area contributed by atoms with Crippen molar-refractivity contribution in [3.63, 3.8) is 0 Å². The zero-order valence-electron chi connectivity index (χ0n) is 18.6. The van der Waals surface area contributed by atoms with Crippen molar-refractivity contribution in [3.05, 3.63) is 75.8 Å². The number of fused-ring (bicyclic) bond motifs is 6. The van der Waals surface area contributed by atoms with Crippen molar-refractivity contribution in [1.29, 1.82) is 10.5 Å². The number of hydrogen-bond acceptors (Lipinski definition) is 3. The molecule has 0 radical (unpaired) electrons. The van der Waals surface area contributed by atoms with Crippen molar-refractivity contribution in [3.8, 4) is 23.5 Å². The van der Waals surface area contributed by atoms with Crippen molar-refractivity contribution in [2.24, 2.45) is 5.41 Å². The fourth-order valence-corrected chi connectivity index (χ4v) is 4.94. The van der Waals surface area contributed by atoms with Crippen molar-refractivity contribution >= 4 is 48.5 Å². The van der Waals surface area contributed by atoms with E-state index >= 15 is 0 Å². The van der Waals surface area contributed by atoms with E-state index in [9.17, 15) is 10.5 Å². The van der Waals surface area contributed by atoms with Crippen LogP contribution in [0, 0.1) is 28.1 Å². The van der Waals surface area contributed by atoms with Crippen molar-refractivity contribution in [2.75, 3.05) is 0 Å². The number of aromatic nitrogens is 2. The van der Waals surface area contributed by atoms with Crippen LogP contribution in [0.4, 0.5) is 0 Å². The summed E-state index contributed by atoms with van der Waals surface area (Å²) in [6.45, 7) is 6.74. The molecule has 1 aromatic heterocycles. The molecule has 0 amide bonds. The first-order valence-electron chi connectivity index (χ1n) is 10.8. The Bertz CT molecular complexity index is 1620. The second-order valence-corrected chi connectivity index (χ2v) is 10.5. The maximum absolute atomic E-state index is 9.67. The highest BCUT2D eigenvalue weighted by Crippen LogP contribution is 2.38. The summed E-state index contributed by atoms with van der Waals surface area (Å²) < 4.78 is 1.01. The zero-order valence-corrected chi connectivity index (χ0v) is 20.2. The van der Waals surface area contributed by atoms with Crippen LogP contribution in [-0.2, 0) is 6.42 Å². The van der Waals surface area contributed by atoms with E-state index in [4.69, 9.17) is 4.98 Å². The molecule has 0 aliphatic rings. The lowest BCUT2D eigenvalue weighted by molar-refractivity contribution is 0.411. The molecule has 5 aromatic rings. The predicted octanol–water partition coefficient (Wildman–Crippen LogP) is 7.63. The van der Waals surface area contributed by atoms with Gasteiger partial charge in [0, 0.05) is 15.2 Å². The normalized spacial score (nSPS) is 11.7. The molecule has 0 unspecified atom stereocenters. The zero-order chi connectivity index (χ0) is 23.3. The first-order chi connectivity index (χ1) is 15.8. The van der Waals surface area contributed by atoms with Gasteiger partial charge in [0.15, 0.2) is 0 Å². The van der Waals surface area contributed by atoms with Crippen LogP contribution in [0.3, 0.4) is 0 Å². The number of nitrogens with one attached hydrogen (secondary N) is 1. The summed E-state index contributed by atoms with van der Waals surface area (Å²) in [4.78, 5) is 8.37. The van der Waals surface area contributed by atoms with Gasteiger partial charge in [0.25, 0.3) is 0 Å². The Morgan fingerprint density at radius 3 is 2.21 bits per heavy atom. The molecule has 160 valence electrons. The quantitative estimate of drug-likeness (QED) is 0.257. The molecule has 0 bridgehead atoms. The molecule has 1 heterocycles. The molecule has 5 heteroatoms. The third kappa shape index (κ3) is 3.65. The highest BCUT2D eigenvalue weighted by atomic mass is 79.9. The van der Waals surface area contributed by atoms with Gasteiger partial charge in [-0.05, 0) is 52.4 Å². The van der Waals surface area contributed by atoms with Crippen LogP contribution in [0.2, 0.25) is 0 Å². The second-order valence-electron chi connectivity index (χ2n) is 9.57. The molecular formula is C28H21BrN4. The Hall–Kier alpha value is -3.67. The fraction of sp³-hybridized carbons (Fsp3) is 0.179. The Morgan fingerprint density at radius 2 is 1.55 bits per heavy atom. The number of nitriles is 2. The standard InChI is InChI=1S/C28H21BrN4/c1-28(2,3)13-16-7-9-20-22(11-16)23-12-19(29)8-10-21(23)26-25(20)32-27(33-26)24-17(14-30)5-4-6-18(24)15-31/h4-12H,13H2,1-3H3,(H,32,33). The number of aromatic amines is 1. The maximum atomic E-state index is 9.67. The summed E-state index contributed by atoms with van der Waals surface area (Å²) in [5.74, 6) is 0.536. The van der Waals surface area contributed by atoms with E-state index in [1.54, 1.807) is 18.2 Å². The molecule has 0 aliphatic carbocycles. The van der Waals surface area contributed by atoms with E-state index in [2.05, 4.69) is 84.2 Å². The summed E-state index contributed by atoms with van der Waals surface area (Å²) >= 11 is 3.63. The van der Waals surface area contributed by atoms with E-state index in [-0.39, 0.29) is 5.41 Å². The number of imidazole rings is 1. The SMILES string of the molecule is CC(C)(C)Cc1ccc2c(c1)c1cc(Br)ccc1c1nc(-c3c(C#N)cccc3C#N)[nH]c21. The van der Waals surface area contributed by atoms with Crippen molar-refractivity contribution < 1.29 is 0 Å². The first-order valence-corrected chi connectivity index (χ1v) is 11.6. The topological polar surface area (TPSA) is 76.3 Å². The summed E-state index contributed by atoms with van der Waals surface area (Å²) in [6, 6.07) is 22.4. The molecule has 1 N–H and O–H groups in total. The van der Waals surface area contributed by atoms with Crippen LogP contribution in [-0.4, -0.2) is 9.97 Å². The molecule has 5 rings (SSSR count). The van der Waals surface area contributed by atoms with Crippen LogP contribution < -0.4 is 0 Å². The molecule has 0 saturated carbocycles. The smallest absolute Gasteiger partial charge is 0.141 e. The van der Waals surface area contributed by atoms with Crippen molar-refractivity contribution in [1.82, 2.24) is 9.97 Å². The molecule has 0 aliphatic heterocycles. The number of hydrogen-bond donors (Lipinski definition) is 1. The van der Waals surface area contributed by atoms with E-state index in [1.165, 1.54) is 5.56 Å². The van der Waals surface area contributed by atoms with E-state index < -0.39 is 0 Å². The van der Waals surface area contributed by atoms with Gasteiger partial charge in [-0.15, -0.1) is 0 Å². The van der Waals surface area contributed by atoms with Gasteiger partial charge in [0.05, 0.1) is 39.9 Å². The highest BCUT2D eigenvalue weighted by molar-refractivity contribution is 9.10. The van der Waals surface area contributed by atoms with E-state index in [0.717, 1.165) is 43.5 Å². The summed E-state index contributed by atoms with van der Waals surface area (Å²) in [5.41, 5.74) is 4.62. The molecule has 4 nitrogen and oxygen atoms in total. The van der Waals surface area contributed by atoms with Crippen LogP contribution in [0.1, 0.15) is 37.5 Å². The van der Waals surface area contributed by atoms with Gasteiger partial charge in [-0.1, -0.05) is 67.0 Å². The van der Waals surface area contributed by atoms with E-state index in [1.807, 2.05) is 6.07 Å². The summed E-state index contributed by atoms with van der Waals surface area (Å²) in [5, 5.41) is 23.7. The number of H-pyrrole nitrogens is 1. The monoisotopic (exact) mass is 492 g/mol. The molecule has 0 atom stereocenters. The lowest BCUT2D eigenvalue weighted by atomic mass is 9.87. The summed E-state index contributed by atoms with van der Waals surface area (Å²) in [6.07, 6.45) is 0.978. The average molecular weight is 493 g/mol. The highest BCUT2D eigenvalue weighted by Gasteiger charge is 2.19. The van der Waals surface area contributed by atoms with Gasteiger partial charge in [0.2, 0.25) is 0 Å². The molecule has 33 heavy (non-hydrogen) atoms. The second kappa shape index (κ2) is 7.73. The largest absolute Gasteiger partial charge is 0.337 e. The molecule has 0 saturated heterocycles. The van der Waals surface area contributed by atoms with Gasteiger partial charge in [0.1, 0.15) is 5.82 Å². The van der Waals surface area contributed by atoms with Gasteiger partial charge < -0.3 is 4.98 Å².